The Balaban J connectivity index is 2.01. The van der Waals surface area contributed by atoms with Crippen LogP contribution < -0.4 is 10.1 Å². The summed E-state index contributed by atoms with van der Waals surface area (Å²) in [7, 11) is 0. The van der Waals surface area contributed by atoms with Crippen molar-refractivity contribution in [3.63, 3.8) is 0 Å². The summed E-state index contributed by atoms with van der Waals surface area (Å²) >= 11 is 0. The fourth-order valence-electron chi connectivity index (χ4n) is 2.42. The maximum Gasteiger partial charge on any atom is 0.335 e. The number of aromatic carboxylic acids is 2. The molecule has 27 heavy (non-hydrogen) atoms. The van der Waals surface area contributed by atoms with Crippen molar-refractivity contribution in [3.05, 3.63) is 59.2 Å². The Bertz CT molecular complexity index is 812. The smallest absolute Gasteiger partial charge is 0.335 e. The van der Waals surface area contributed by atoms with Crippen molar-refractivity contribution in [3.8, 4) is 5.75 Å². The molecule has 0 aliphatic carbocycles. The van der Waals surface area contributed by atoms with Gasteiger partial charge in [0.15, 0.2) is 6.61 Å². The monoisotopic (exact) mass is 371 g/mol. The largest absolute Gasteiger partial charge is 0.484 e. The maximum atomic E-state index is 12.0. The van der Waals surface area contributed by atoms with Gasteiger partial charge in [0, 0.05) is 5.69 Å². The molecule has 0 aromatic heterocycles. The molecule has 142 valence electrons. The molecular formula is C20H21NO6. The van der Waals surface area contributed by atoms with Crippen LogP contribution in [0.15, 0.2) is 42.5 Å². The Morgan fingerprint density at radius 1 is 1.00 bits per heavy atom. The highest BCUT2D eigenvalue weighted by molar-refractivity contribution is 5.98. The number of ether oxygens (including phenoxy) is 1. The van der Waals surface area contributed by atoms with E-state index in [0.29, 0.717) is 11.7 Å². The fourth-order valence-corrected chi connectivity index (χ4v) is 2.42. The molecule has 0 aliphatic rings. The molecule has 2 aromatic carbocycles. The van der Waals surface area contributed by atoms with Crippen LogP contribution in [0.2, 0.25) is 0 Å². The molecular weight excluding hydrogens is 350 g/mol. The van der Waals surface area contributed by atoms with Gasteiger partial charge in [-0.3, -0.25) is 4.79 Å². The van der Waals surface area contributed by atoms with Crippen LogP contribution in [0.25, 0.3) is 0 Å². The number of anilines is 1. The first kappa shape index (κ1) is 20.0. The van der Waals surface area contributed by atoms with Gasteiger partial charge in [-0.15, -0.1) is 0 Å². The summed E-state index contributed by atoms with van der Waals surface area (Å²) in [5.74, 6) is -2.13. The zero-order valence-electron chi connectivity index (χ0n) is 15.1. The third-order valence-corrected chi connectivity index (χ3v) is 4.14. The van der Waals surface area contributed by atoms with Gasteiger partial charge in [-0.05, 0) is 48.2 Å². The lowest BCUT2D eigenvalue weighted by Crippen LogP contribution is -2.20. The van der Waals surface area contributed by atoms with E-state index in [1.807, 2.05) is 12.1 Å². The van der Waals surface area contributed by atoms with Crippen LogP contribution in [-0.2, 0) is 4.79 Å². The Morgan fingerprint density at radius 3 is 2.04 bits per heavy atom. The summed E-state index contributed by atoms with van der Waals surface area (Å²) in [6.07, 6.45) is 1.02. The lowest BCUT2D eigenvalue weighted by atomic mass is 9.99. The molecule has 2 aromatic rings. The summed E-state index contributed by atoms with van der Waals surface area (Å²) in [5.41, 5.74) is 0.799. The quantitative estimate of drug-likeness (QED) is 0.653. The average Bonchev–Trinajstić information content (AvgIpc) is 2.65. The molecule has 0 saturated heterocycles. The molecule has 2 rings (SSSR count). The molecule has 1 atom stereocenters. The van der Waals surface area contributed by atoms with Crippen LogP contribution in [-0.4, -0.2) is 34.7 Å². The van der Waals surface area contributed by atoms with E-state index in [2.05, 4.69) is 19.2 Å². The van der Waals surface area contributed by atoms with Gasteiger partial charge in [0.2, 0.25) is 0 Å². The number of amides is 1. The van der Waals surface area contributed by atoms with E-state index in [0.717, 1.165) is 12.5 Å². The van der Waals surface area contributed by atoms with Crippen LogP contribution in [0.1, 0.15) is 52.5 Å². The zero-order valence-corrected chi connectivity index (χ0v) is 15.1. The minimum Gasteiger partial charge on any atom is -0.484 e. The van der Waals surface area contributed by atoms with Crippen molar-refractivity contribution < 1.29 is 29.3 Å². The minimum absolute atomic E-state index is 0.0769. The van der Waals surface area contributed by atoms with Gasteiger partial charge in [-0.25, -0.2) is 9.59 Å². The van der Waals surface area contributed by atoms with Gasteiger partial charge >= 0.3 is 11.9 Å². The van der Waals surface area contributed by atoms with Crippen molar-refractivity contribution in [2.45, 2.75) is 26.2 Å². The maximum absolute atomic E-state index is 12.0. The fraction of sp³-hybridized carbons (Fsp3) is 0.250. The highest BCUT2D eigenvalue weighted by Crippen LogP contribution is 2.21. The molecule has 0 aliphatic heterocycles. The second kappa shape index (κ2) is 8.84. The van der Waals surface area contributed by atoms with E-state index < -0.39 is 17.8 Å². The van der Waals surface area contributed by atoms with Gasteiger partial charge in [0.25, 0.3) is 5.91 Å². The Labute approximate surface area is 156 Å². The topological polar surface area (TPSA) is 113 Å². The number of carboxylic acid groups (broad SMARTS) is 2. The second-order valence-electron chi connectivity index (χ2n) is 6.12. The van der Waals surface area contributed by atoms with E-state index in [1.54, 1.807) is 12.1 Å². The molecule has 3 N–H and O–H groups in total. The lowest BCUT2D eigenvalue weighted by Gasteiger charge is -2.11. The van der Waals surface area contributed by atoms with Crippen LogP contribution in [0.5, 0.6) is 5.75 Å². The van der Waals surface area contributed by atoms with Crippen molar-refractivity contribution in [1.29, 1.82) is 0 Å². The minimum atomic E-state index is -1.29. The van der Waals surface area contributed by atoms with Crippen molar-refractivity contribution in [2.24, 2.45) is 0 Å². The number of hydrogen-bond donors (Lipinski definition) is 3. The average molecular weight is 371 g/mol. The predicted octanol–water partition coefficient (Wildman–Crippen LogP) is 3.61. The Kier molecular flexibility index (Phi) is 6.54. The van der Waals surface area contributed by atoms with E-state index in [9.17, 15) is 14.4 Å². The molecule has 0 saturated carbocycles. The molecule has 0 fully saturated rings. The van der Waals surface area contributed by atoms with E-state index in [4.69, 9.17) is 14.9 Å². The molecule has 0 bridgehead atoms. The van der Waals surface area contributed by atoms with E-state index in [1.165, 1.54) is 17.7 Å². The van der Waals surface area contributed by atoms with Gasteiger partial charge in [-0.1, -0.05) is 26.0 Å². The van der Waals surface area contributed by atoms with Crippen molar-refractivity contribution in [1.82, 2.24) is 0 Å². The molecule has 0 radical (unpaired) electrons. The summed E-state index contributed by atoms with van der Waals surface area (Å²) in [4.78, 5) is 34.2. The first-order valence-electron chi connectivity index (χ1n) is 8.44. The first-order valence-corrected chi connectivity index (χ1v) is 8.44. The summed E-state index contributed by atoms with van der Waals surface area (Å²) < 4.78 is 5.42. The Morgan fingerprint density at radius 2 is 1.56 bits per heavy atom. The zero-order chi connectivity index (χ0) is 20.0. The number of carbonyl (C=O) groups excluding carboxylic acids is 1. The molecule has 7 nitrogen and oxygen atoms in total. The number of carbonyl (C=O) groups is 3. The normalized spacial score (nSPS) is 11.5. The van der Waals surface area contributed by atoms with Crippen LogP contribution in [0.3, 0.4) is 0 Å². The van der Waals surface area contributed by atoms with Crippen LogP contribution in [0, 0.1) is 0 Å². The second-order valence-corrected chi connectivity index (χ2v) is 6.12. The summed E-state index contributed by atoms with van der Waals surface area (Å²) in [6, 6.07) is 10.8. The molecule has 0 heterocycles. The molecule has 0 unspecified atom stereocenters. The number of carboxylic acids is 2. The standard InChI is InChI=1S/C20H21NO6/c1-3-12(2)13-4-6-17(7-5-13)27-11-18(22)21-16-9-14(19(23)24)8-15(10-16)20(25)26/h4-10,12H,3,11H2,1-2H3,(H,21,22)(H,23,24)(H,25,26)/t12-/m0/s1. The number of hydrogen-bond acceptors (Lipinski definition) is 4. The SMILES string of the molecule is CC[C@H](C)c1ccc(OCC(=O)Nc2cc(C(=O)O)cc(C(=O)O)c2)cc1. The lowest BCUT2D eigenvalue weighted by molar-refractivity contribution is -0.118. The third-order valence-electron chi connectivity index (χ3n) is 4.14. The first-order chi connectivity index (χ1) is 12.8. The molecule has 0 spiro atoms. The van der Waals surface area contributed by atoms with Gasteiger partial charge in [-0.2, -0.15) is 0 Å². The summed E-state index contributed by atoms with van der Waals surface area (Å²) in [6.45, 7) is 3.94. The van der Waals surface area contributed by atoms with Crippen molar-refractivity contribution >= 4 is 23.5 Å². The number of rotatable bonds is 8. The number of nitrogens with one attached hydrogen (secondary N) is 1. The van der Waals surface area contributed by atoms with Gasteiger partial charge in [0.1, 0.15) is 5.75 Å². The Hall–Kier alpha value is -3.35. The van der Waals surface area contributed by atoms with Crippen LogP contribution in [0.4, 0.5) is 5.69 Å². The number of benzene rings is 2. The molecule has 1 amide bonds. The van der Waals surface area contributed by atoms with Crippen LogP contribution >= 0.6 is 0 Å². The van der Waals surface area contributed by atoms with Crippen molar-refractivity contribution in [2.75, 3.05) is 11.9 Å². The van der Waals surface area contributed by atoms with Gasteiger partial charge in [0.05, 0.1) is 11.1 Å². The van der Waals surface area contributed by atoms with E-state index in [-0.39, 0.29) is 23.4 Å². The molecule has 7 heteroatoms. The highest BCUT2D eigenvalue weighted by atomic mass is 16.5. The van der Waals surface area contributed by atoms with Gasteiger partial charge < -0.3 is 20.3 Å². The van der Waals surface area contributed by atoms with E-state index >= 15 is 0 Å². The predicted molar refractivity (Wildman–Crippen MR) is 99.6 cm³/mol. The summed E-state index contributed by atoms with van der Waals surface area (Å²) in [5, 5.41) is 20.6. The third kappa shape index (κ3) is 5.57. The highest BCUT2D eigenvalue weighted by Gasteiger charge is 2.13.